The van der Waals surface area contributed by atoms with E-state index in [-0.39, 0.29) is 0 Å². The highest BCUT2D eigenvalue weighted by atomic mass is 32.2. The number of halogens is 1. The lowest BCUT2D eigenvalue weighted by atomic mass is 10.1. The summed E-state index contributed by atoms with van der Waals surface area (Å²) in [5, 5.41) is 0. The van der Waals surface area contributed by atoms with Gasteiger partial charge in [-0.05, 0) is 36.6 Å². The molecule has 0 aliphatic carbocycles. The Bertz CT molecular complexity index is 262. The van der Waals surface area contributed by atoms with Crippen LogP contribution in [0.15, 0.2) is 17.0 Å². The fourth-order valence-electron chi connectivity index (χ4n) is 1.13. The monoisotopic (exact) mass is 216 g/mol. The van der Waals surface area contributed by atoms with Crippen molar-refractivity contribution in [1.29, 1.82) is 0 Å². The molecule has 0 unspecified atom stereocenters. The van der Waals surface area contributed by atoms with Crippen molar-refractivity contribution >= 4 is 12.0 Å². The van der Waals surface area contributed by atoms with Crippen LogP contribution in [0.25, 0.3) is 0 Å². The minimum atomic E-state index is -0.471. The minimum Gasteiger partial charge on any atom is -0.325 e. The topological polar surface area (TPSA) is 20.2 Å². The first-order chi connectivity index (χ1) is 6.69. The zero-order valence-corrected chi connectivity index (χ0v) is 9.91. The van der Waals surface area contributed by atoms with E-state index in [2.05, 4.69) is 0 Å². The average molecular weight is 216 g/mol. The predicted molar refractivity (Wildman–Crippen MR) is 60.6 cm³/mol. The van der Waals surface area contributed by atoms with Gasteiger partial charge in [-0.15, -0.1) is 0 Å². The van der Waals surface area contributed by atoms with Gasteiger partial charge in [-0.3, -0.25) is 0 Å². The number of hydrogen-bond acceptors (Lipinski definition) is 2. The van der Waals surface area contributed by atoms with Crippen LogP contribution >= 0.6 is 12.0 Å². The lowest BCUT2D eigenvalue weighted by molar-refractivity contribution is 0.482. The Morgan fingerprint density at radius 1 is 1.29 bits per heavy atom. The normalized spacial score (nSPS) is 9.29. The van der Waals surface area contributed by atoms with Gasteiger partial charge in [-0.2, -0.15) is 0 Å². The summed E-state index contributed by atoms with van der Waals surface area (Å²) in [6.45, 7) is 7.23. The van der Waals surface area contributed by atoms with E-state index in [0.717, 1.165) is 16.0 Å². The van der Waals surface area contributed by atoms with E-state index in [4.69, 9.17) is 4.55 Å². The zero-order chi connectivity index (χ0) is 11.1. The molecule has 1 aromatic rings. The third-order valence-electron chi connectivity index (χ3n) is 1.85. The lowest BCUT2D eigenvalue weighted by Crippen LogP contribution is -1.90. The van der Waals surface area contributed by atoms with Crippen LogP contribution < -0.4 is 0 Å². The molecular formula is C11H17FOS. The lowest BCUT2D eigenvalue weighted by Gasteiger charge is -2.07. The molecule has 0 heterocycles. The van der Waals surface area contributed by atoms with E-state index in [0.29, 0.717) is 17.6 Å². The highest BCUT2D eigenvalue weighted by Crippen LogP contribution is 2.24. The van der Waals surface area contributed by atoms with Gasteiger partial charge in [-0.1, -0.05) is 19.9 Å². The Morgan fingerprint density at radius 3 is 2.29 bits per heavy atom. The zero-order valence-electron chi connectivity index (χ0n) is 9.10. The standard InChI is InChI=1S/C9H11FOS.C2H6/c1-6-3-8(5-10)7(2)9(4-6)12-11;1-2/h3-4,11H,5H2,1-2H3;1-2H3. The first-order valence-corrected chi connectivity index (χ1v) is 5.44. The summed E-state index contributed by atoms with van der Waals surface area (Å²) >= 11 is 0.672. The maximum atomic E-state index is 12.4. The van der Waals surface area contributed by atoms with E-state index in [1.54, 1.807) is 6.07 Å². The van der Waals surface area contributed by atoms with Crippen molar-refractivity contribution in [3.8, 4) is 0 Å². The molecule has 0 amide bonds. The summed E-state index contributed by atoms with van der Waals surface area (Å²) in [5.41, 5.74) is 2.46. The predicted octanol–water partition coefficient (Wildman–Crippen LogP) is 4.36. The Morgan fingerprint density at radius 2 is 1.86 bits per heavy atom. The van der Waals surface area contributed by atoms with Crippen molar-refractivity contribution in [2.75, 3.05) is 0 Å². The fraction of sp³-hybridized carbons (Fsp3) is 0.455. The molecule has 0 spiro atoms. The summed E-state index contributed by atoms with van der Waals surface area (Å²) < 4.78 is 21.2. The second kappa shape index (κ2) is 6.85. The number of rotatable bonds is 2. The summed E-state index contributed by atoms with van der Waals surface area (Å²) in [5.74, 6) is 0. The molecule has 0 fully saturated rings. The highest BCUT2D eigenvalue weighted by molar-refractivity contribution is 7.93. The van der Waals surface area contributed by atoms with Gasteiger partial charge in [0.15, 0.2) is 0 Å². The maximum absolute atomic E-state index is 12.4. The van der Waals surface area contributed by atoms with Crippen molar-refractivity contribution in [2.45, 2.75) is 39.3 Å². The Hall–Kier alpha value is -0.540. The van der Waals surface area contributed by atoms with Crippen LogP contribution in [-0.4, -0.2) is 4.55 Å². The molecule has 0 aromatic heterocycles. The van der Waals surface area contributed by atoms with Crippen molar-refractivity contribution < 1.29 is 8.94 Å². The molecule has 80 valence electrons. The van der Waals surface area contributed by atoms with E-state index < -0.39 is 6.67 Å². The molecule has 0 aliphatic rings. The number of benzene rings is 1. The van der Waals surface area contributed by atoms with Crippen LogP contribution in [0.5, 0.6) is 0 Å². The fourth-order valence-corrected chi connectivity index (χ4v) is 1.64. The first-order valence-electron chi connectivity index (χ1n) is 4.66. The molecule has 1 nitrogen and oxygen atoms in total. The van der Waals surface area contributed by atoms with Crippen molar-refractivity contribution in [1.82, 2.24) is 0 Å². The summed E-state index contributed by atoms with van der Waals surface area (Å²) in [4.78, 5) is 0.739. The molecule has 1 N–H and O–H groups in total. The van der Waals surface area contributed by atoms with Gasteiger partial charge in [0.2, 0.25) is 0 Å². The van der Waals surface area contributed by atoms with Crippen LogP contribution in [0.2, 0.25) is 0 Å². The molecule has 0 saturated carbocycles. The van der Waals surface area contributed by atoms with E-state index in [1.807, 2.05) is 33.8 Å². The van der Waals surface area contributed by atoms with Crippen molar-refractivity contribution in [3.05, 3.63) is 28.8 Å². The van der Waals surface area contributed by atoms with Crippen LogP contribution in [0, 0.1) is 13.8 Å². The second-order valence-electron chi connectivity index (χ2n) is 2.77. The van der Waals surface area contributed by atoms with Crippen LogP contribution in [0.3, 0.4) is 0 Å². The van der Waals surface area contributed by atoms with Crippen LogP contribution in [0.1, 0.15) is 30.5 Å². The minimum absolute atomic E-state index is 0.471. The van der Waals surface area contributed by atoms with E-state index in [9.17, 15) is 4.39 Å². The van der Waals surface area contributed by atoms with Crippen molar-refractivity contribution in [2.24, 2.45) is 0 Å². The van der Waals surface area contributed by atoms with Crippen LogP contribution in [0.4, 0.5) is 4.39 Å². The summed E-state index contributed by atoms with van der Waals surface area (Å²) in [6.07, 6.45) is 0. The molecule has 0 bridgehead atoms. The molecule has 1 rings (SSSR count). The van der Waals surface area contributed by atoms with Gasteiger partial charge in [0.05, 0.1) is 0 Å². The molecule has 1 aromatic carbocycles. The Kier molecular flexibility index (Phi) is 6.58. The third kappa shape index (κ3) is 3.31. The largest absolute Gasteiger partial charge is 0.325 e. The van der Waals surface area contributed by atoms with E-state index >= 15 is 0 Å². The molecule has 0 saturated heterocycles. The van der Waals surface area contributed by atoms with Gasteiger partial charge >= 0.3 is 0 Å². The van der Waals surface area contributed by atoms with Gasteiger partial charge in [0, 0.05) is 16.9 Å². The Balaban J connectivity index is 0.000000791. The number of aryl methyl sites for hydroxylation is 1. The van der Waals surface area contributed by atoms with Gasteiger partial charge in [-0.25, -0.2) is 4.39 Å². The molecule has 14 heavy (non-hydrogen) atoms. The first kappa shape index (κ1) is 13.5. The van der Waals surface area contributed by atoms with Crippen LogP contribution in [-0.2, 0) is 6.67 Å². The maximum Gasteiger partial charge on any atom is 0.115 e. The average Bonchev–Trinajstić information content (AvgIpc) is 2.23. The van der Waals surface area contributed by atoms with Gasteiger partial charge in [0.25, 0.3) is 0 Å². The quantitative estimate of drug-likeness (QED) is 0.741. The third-order valence-corrected chi connectivity index (χ3v) is 2.47. The smallest absolute Gasteiger partial charge is 0.115 e. The van der Waals surface area contributed by atoms with Gasteiger partial charge in [0.1, 0.15) is 6.67 Å². The molecular weight excluding hydrogens is 199 g/mol. The van der Waals surface area contributed by atoms with E-state index in [1.165, 1.54) is 0 Å². The number of hydrogen-bond donors (Lipinski definition) is 1. The Labute approximate surface area is 89.6 Å². The highest BCUT2D eigenvalue weighted by Gasteiger charge is 2.04. The van der Waals surface area contributed by atoms with Crippen molar-refractivity contribution in [3.63, 3.8) is 0 Å². The molecule has 0 atom stereocenters. The molecule has 0 radical (unpaired) electrons. The SMILES string of the molecule is CC.Cc1cc(CF)c(C)c(SO)c1. The summed E-state index contributed by atoms with van der Waals surface area (Å²) in [7, 11) is 0. The second-order valence-corrected chi connectivity index (χ2v) is 3.39. The molecule has 3 heteroatoms. The van der Waals surface area contributed by atoms with Gasteiger partial charge < -0.3 is 4.55 Å². The number of alkyl halides is 1. The summed E-state index contributed by atoms with van der Waals surface area (Å²) in [6, 6.07) is 3.65. The molecule has 0 aliphatic heterocycles.